The predicted octanol–water partition coefficient (Wildman–Crippen LogP) is 0.738. The lowest BCUT2D eigenvalue weighted by Crippen LogP contribution is -2.38. The Hall–Kier alpha value is -0.0800. The van der Waals surface area contributed by atoms with E-state index in [1.165, 1.54) is 38.8 Å². The fourth-order valence-corrected chi connectivity index (χ4v) is 2.35. The zero-order valence-electron chi connectivity index (χ0n) is 7.10. The van der Waals surface area contributed by atoms with Crippen molar-refractivity contribution in [1.29, 1.82) is 0 Å². The zero-order valence-corrected chi connectivity index (χ0v) is 7.10. The highest BCUT2D eigenvalue weighted by molar-refractivity contribution is 4.84. The molecule has 2 N–H and O–H groups in total. The Morgan fingerprint density at radius 2 is 1.91 bits per heavy atom. The second-order valence-corrected chi connectivity index (χ2v) is 3.81. The minimum Gasteiger partial charge on any atom is -0.315 e. The van der Waals surface area contributed by atoms with E-state index in [0.29, 0.717) is 0 Å². The molecule has 2 heteroatoms. The van der Waals surface area contributed by atoms with E-state index in [0.717, 1.165) is 18.5 Å². The molecule has 64 valence electrons. The average molecular weight is 154 g/mol. The Labute approximate surface area is 68.7 Å². The van der Waals surface area contributed by atoms with Crippen LogP contribution in [0.5, 0.6) is 0 Å². The van der Waals surface area contributed by atoms with Gasteiger partial charge in [0.05, 0.1) is 0 Å². The maximum atomic E-state index is 3.62. The lowest BCUT2D eigenvalue weighted by molar-refractivity contribution is 0.279. The largest absolute Gasteiger partial charge is 0.315 e. The van der Waals surface area contributed by atoms with Crippen molar-refractivity contribution in [3.63, 3.8) is 0 Å². The molecule has 0 amide bonds. The van der Waals surface area contributed by atoms with E-state index in [1.807, 2.05) is 0 Å². The van der Waals surface area contributed by atoms with Crippen LogP contribution in [0.1, 0.15) is 25.7 Å². The highest BCUT2D eigenvalue weighted by Crippen LogP contribution is 2.24. The molecule has 0 aromatic heterocycles. The molecule has 2 nitrogen and oxygen atoms in total. The van der Waals surface area contributed by atoms with Crippen LogP contribution in [0.3, 0.4) is 0 Å². The third-order valence-corrected chi connectivity index (χ3v) is 3.02. The monoisotopic (exact) mass is 154 g/mol. The predicted molar refractivity (Wildman–Crippen MR) is 46.6 cm³/mol. The highest BCUT2D eigenvalue weighted by atomic mass is 15.0. The van der Waals surface area contributed by atoms with Gasteiger partial charge in [0.2, 0.25) is 0 Å². The van der Waals surface area contributed by atoms with Gasteiger partial charge < -0.3 is 10.6 Å². The summed E-state index contributed by atoms with van der Waals surface area (Å²) in [5, 5.41) is 7.10. The fraction of sp³-hybridized carbons (Fsp3) is 1.00. The molecule has 1 saturated heterocycles. The van der Waals surface area contributed by atoms with Crippen molar-refractivity contribution in [3.8, 4) is 0 Å². The second-order valence-electron chi connectivity index (χ2n) is 3.81. The summed E-state index contributed by atoms with van der Waals surface area (Å²) >= 11 is 0. The molecule has 2 fully saturated rings. The van der Waals surface area contributed by atoms with Crippen LogP contribution in [0.15, 0.2) is 0 Å². The zero-order chi connectivity index (χ0) is 7.52. The minimum absolute atomic E-state index is 0.832. The summed E-state index contributed by atoms with van der Waals surface area (Å²) in [6.07, 6.45) is 5.73. The summed E-state index contributed by atoms with van der Waals surface area (Å²) in [4.78, 5) is 0. The van der Waals surface area contributed by atoms with Crippen LogP contribution in [0.25, 0.3) is 0 Å². The van der Waals surface area contributed by atoms with Gasteiger partial charge in [-0.05, 0) is 25.3 Å². The summed E-state index contributed by atoms with van der Waals surface area (Å²) < 4.78 is 0. The summed E-state index contributed by atoms with van der Waals surface area (Å²) in [7, 11) is 0. The van der Waals surface area contributed by atoms with E-state index >= 15 is 0 Å². The molecule has 0 spiro atoms. The van der Waals surface area contributed by atoms with E-state index in [1.54, 1.807) is 0 Å². The molecule has 2 aliphatic rings. The van der Waals surface area contributed by atoms with Gasteiger partial charge >= 0.3 is 0 Å². The first-order chi connectivity index (χ1) is 5.47. The van der Waals surface area contributed by atoms with Crippen LogP contribution < -0.4 is 10.6 Å². The minimum atomic E-state index is 0.832. The van der Waals surface area contributed by atoms with Gasteiger partial charge in [-0.15, -0.1) is 0 Å². The van der Waals surface area contributed by atoms with Crippen molar-refractivity contribution in [2.45, 2.75) is 31.7 Å². The molecule has 0 bridgehead atoms. The van der Waals surface area contributed by atoms with Gasteiger partial charge in [-0.3, -0.25) is 0 Å². The lowest BCUT2D eigenvalue weighted by Gasteiger charge is -2.29. The third-order valence-electron chi connectivity index (χ3n) is 3.02. The molecule has 2 atom stereocenters. The topological polar surface area (TPSA) is 24.1 Å². The van der Waals surface area contributed by atoms with E-state index in [-0.39, 0.29) is 0 Å². The van der Waals surface area contributed by atoms with Crippen molar-refractivity contribution in [2.75, 3.05) is 19.6 Å². The maximum absolute atomic E-state index is 3.62. The van der Waals surface area contributed by atoms with Crippen LogP contribution in [0, 0.1) is 5.92 Å². The first kappa shape index (κ1) is 7.56. The normalized spacial score (nSPS) is 39.3. The molecular formula is C9H18N2. The first-order valence-corrected chi connectivity index (χ1v) is 4.91. The molecule has 1 heterocycles. The van der Waals surface area contributed by atoms with E-state index in [4.69, 9.17) is 0 Å². The molecule has 2 rings (SSSR count). The Kier molecular flexibility index (Phi) is 2.44. The molecule has 11 heavy (non-hydrogen) atoms. The van der Waals surface area contributed by atoms with Crippen molar-refractivity contribution >= 4 is 0 Å². The maximum Gasteiger partial charge on any atom is 0.0108 e. The second kappa shape index (κ2) is 3.55. The Bertz CT molecular complexity index is 111. The van der Waals surface area contributed by atoms with Gasteiger partial charge in [0.1, 0.15) is 0 Å². The summed E-state index contributed by atoms with van der Waals surface area (Å²) in [6.45, 7) is 3.58. The van der Waals surface area contributed by atoms with Crippen LogP contribution >= 0.6 is 0 Å². The van der Waals surface area contributed by atoms with E-state index in [9.17, 15) is 0 Å². The highest BCUT2D eigenvalue weighted by Gasteiger charge is 2.25. The van der Waals surface area contributed by atoms with Gasteiger partial charge in [-0.25, -0.2) is 0 Å². The van der Waals surface area contributed by atoms with Crippen LogP contribution in [0.4, 0.5) is 0 Å². The standard InChI is InChI=1S/C9H18N2/c1-2-4-9-8(3-1)7-10-5-6-11-9/h8-11H,1-7H2. The number of hydrogen-bond donors (Lipinski definition) is 2. The van der Waals surface area contributed by atoms with Gasteiger partial charge in [0.15, 0.2) is 0 Å². The fourth-order valence-electron chi connectivity index (χ4n) is 2.35. The van der Waals surface area contributed by atoms with Crippen LogP contribution in [-0.4, -0.2) is 25.7 Å². The quantitative estimate of drug-likeness (QED) is 0.538. The summed E-state index contributed by atoms with van der Waals surface area (Å²) in [5.74, 6) is 0.922. The molecule has 2 unspecified atom stereocenters. The molecule has 1 aliphatic heterocycles. The number of hydrogen-bond acceptors (Lipinski definition) is 2. The van der Waals surface area contributed by atoms with Gasteiger partial charge in [0, 0.05) is 19.1 Å². The molecule has 0 aromatic carbocycles. The Balaban J connectivity index is 1.93. The average Bonchev–Trinajstić information content (AvgIpc) is 2.28. The van der Waals surface area contributed by atoms with Gasteiger partial charge in [-0.1, -0.05) is 12.8 Å². The first-order valence-electron chi connectivity index (χ1n) is 4.91. The molecular weight excluding hydrogens is 136 g/mol. The van der Waals surface area contributed by atoms with Crippen LogP contribution in [0.2, 0.25) is 0 Å². The number of rotatable bonds is 0. The number of nitrogens with one attached hydrogen (secondary N) is 2. The van der Waals surface area contributed by atoms with Crippen molar-refractivity contribution in [1.82, 2.24) is 10.6 Å². The molecule has 1 aliphatic carbocycles. The third kappa shape index (κ3) is 1.74. The molecule has 1 saturated carbocycles. The Morgan fingerprint density at radius 3 is 2.91 bits per heavy atom. The van der Waals surface area contributed by atoms with E-state index < -0.39 is 0 Å². The van der Waals surface area contributed by atoms with Crippen LogP contribution in [-0.2, 0) is 0 Å². The molecule has 0 radical (unpaired) electrons. The van der Waals surface area contributed by atoms with Crippen molar-refractivity contribution in [2.24, 2.45) is 5.92 Å². The smallest absolute Gasteiger partial charge is 0.0108 e. The lowest BCUT2D eigenvalue weighted by atomic mass is 9.85. The van der Waals surface area contributed by atoms with Gasteiger partial charge in [0.25, 0.3) is 0 Å². The van der Waals surface area contributed by atoms with E-state index in [2.05, 4.69) is 10.6 Å². The summed E-state index contributed by atoms with van der Waals surface area (Å²) in [5.41, 5.74) is 0. The van der Waals surface area contributed by atoms with Gasteiger partial charge in [-0.2, -0.15) is 0 Å². The molecule has 0 aromatic rings. The summed E-state index contributed by atoms with van der Waals surface area (Å²) in [6, 6.07) is 0.832. The number of fused-ring (bicyclic) bond motifs is 1. The SMILES string of the molecule is C1CCC2NCCNCC2C1. The van der Waals surface area contributed by atoms with Crippen molar-refractivity contribution < 1.29 is 0 Å². The van der Waals surface area contributed by atoms with Crippen molar-refractivity contribution in [3.05, 3.63) is 0 Å². The Morgan fingerprint density at radius 1 is 1.00 bits per heavy atom.